The van der Waals surface area contributed by atoms with Gasteiger partial charge in [0.15, 0.2) is 0 Å². The first-order valence-corrected chi connectivity index (χ1v) is 4.40. The Hall–Kier alpha value is -0.630. The Kier molecular flexibility index (Phi) is 2.68. The zero-order valence-corrected chi connectivity index (χ0v) is 7.71. The number of hydrogen-bond acceptors (Lipinski definition) is 2. The van der Waals surface area contributed by atoms with Gasteiger partial charge in [0.1, 0.15) is 6.29 Å². The molecule has 0 fully saturated rings. The first-order valence-electron chi connectivity index (χ1n) is 4.40. The van der Waals surface area contributed by atoms with Crippen molar-refractivity contribution >= 4 is 6.29 Å². The number of rotatable bonds is 2. The summed E-state index contributed by atoms with van der Waals surface area (Å²) in [6.45, 7) is 3.66. The minimum absolute atomic E-state index is 0.307. The van der Waals surface area contributed by atoms with Crippen LogP contribution in [-0.4, -0.2) is 17.0 Å². The molecule has 1 atom stereocenters. The topological polar surface area (TPSA) is 37.3 Å². The molecule has 68 valence electrons. The van der Waals surface area contributed by atoms with Crippen molar-refractivity contribution in [2.75, 3.05) is 0 Å². The lowest BCUT2D eigenvalue weighted by Crippen LogP contribution is -2.31. The van der Waals surface area contributed by atoms with Crippen LogP contribution in [0.1, 0.15) is 33.1 Å². The SMILES string of the molecule is CC(C)(O)[C@@H]1CC=C(C=O)CC1. The van der Waals surface area contributed by atoms with Crippen LogP contribution in [0, 0.1) is 5.92 Å². The van der Waals surface area contributed by atoms with Crippen molar-refractivity contribution in [2.24, 2.45) is 5.92 Å². The lowest BCUT2D eigenvalue weighted by Gasteiger charge is -2.31. The molecule has 0 radical (unpaired) electrons. The second-order valence-corrected chi connectivity index (χ2v) is 4.02. The van der Waals surface area contributed by atoms with E-state index in [0.717, 1.165) is 31.1 Å². The highest BCUT2D eigenvalue weighted by atomic mass is 16.3. The van der Waals surface area contributed by atoms with Crippen molar-refractivity contribution in [3.63, 3.8) is 0 Å². The molecule has 0 amide bonds. The number of carbonyl (C=O) groups is 1. The molecule has 0 heterocycles. The van der Waals surface area contributed by atoms with Crippen molar-refractivity contribution in [3.8, 4) is 0 Å². The van der Waals surface area contributed by atoms with Gasteiger partial charge in [-0.2, -0.15) is 0 Å². The van der Waals surface area contributed by atoms with E-state index >= 15 is 0 Å². The van der Waals surface area contributed by atoms with Crippen LogP contribution < -0.4 is 0 Å². The van der Waals surface area contributed by atoms with Crippen LogP contribution >= 0.6 is 0 Å². The van der Waals surface area contributed by atoms with Crippen molar-refractivity contribution in [2.45, 2.75) is 38.7 Å². The highest BCUT2D eigenvalue weighted by Gasteiger charge is 2.27. The Morgan fingerprint density at radius 1 is 1.67 bits per heavy atom. The van der Waals surface area contributed by atoms with Crippen LogP contribution in [0.15, 0.2) is 11.6 Å². The normalized spacial score (nSPS) is 24.9. The van der Waals surface area contributed by atoms with E-state index in [1.165, 1.54) is 0 Å². The van der Waals surface area contributed by atoms with Gasteiger partial charge in [-0.3, -0.25) is 4.79 Å². The number of allylic oxidation sites excluding steroid dienone is 2. The summed E-state index contributed by atoms with van der Waals surface area (Å²) in [5.41, 5.74) is 0.278. The minimum atomic E-state index is -0.606. The lowest BCUT2D eigenvalue weighted by atomic mass is 9.80. The second-order valence-electron chi connectivity index (χ2n) is 4.02. The van der Waals surface area contributed by atoms with Crippen LogP contribution in [-0.2, 0) is 4.79 Å². The van der Waals surface area contributed by atoms with Gasteiger partial charge < -0.3 is 5.11 Å². The van der Waals surface area contributed by atoms with Gasteiger partial charge in [0.25, 0.3) is 0 Å². The van der Waals surface area contributed by atoms with Crippen molar-refractivity contribution in [1.82, 2.24) is 0 Å². The van der Waals surface area contributed by atoms with Crippen LogP contribution in [0.2, 0.25) is 0 Å². The molecule has 0 unspecified atom stereocenters. The summed E-state index contributed by atoms with van der Waals surface area (Å²) in [7, 11) is 0. The Morgan fingerprint density at radius 3 is 2.67 bits per heavy atom. The summed E-state index contributed by atoms with van der Waals surface area (Å²) in [5.74, 6) is 0.307. The second kappa shape index (κ2) is 3.40. The molecule has 1 aliphatic rings. The fourth-order valence-electron chi connectivity index (χ4n) is 1.60. The van der Waals surface area contributed by atoms with Gasteiger partial charge in [-0.15, -0.1) is 0 Å². The molecular weight excluding hydrogens is 152 g/mol. The summed E-state index contributed by atoms with van der Waals surface area (Å²) in [6.07, 6.45) is 5.43. The summed E-state index contributed by atoms with van der Waals surface area (Å²) < 4.78 is 0. The molecule has 2 heteroatoms. The monoisotopic (exact) mass is 168 g/mol. The molecule has 0 bridgehead atoms. The Bertz CT molecular complexity index is 198. The maximum absolute atomic E-state index is 10.4. The smallest absolute Gasteiger partial charge is 0.145 e. The van der Waals surface area contributed by atoms with Gasteiger partial charge >= 0.3 is 0 Å². The van der Waals surface area contributed by atoms with Gasteiger partial charge in [-0.25, -0.2) is 0 Å². The molecule has 12 heavy (non-hydrogen) atoms. The Morgan fingerprint density at radius 2 is 2.33 bits per heavy atom. The Balaban J connectivity index is 2.57. The van der Waals surface area contributed by atoms with Crippen LogP contribution in [0.25, 0.3) is 0 Å². The van der Waals surface area contributed by atoms with Gasteiger partial charge in [0.2, 0.25) is 0 Å². The minimum Gasteiger partial charge on any atom is -0.390 e. The van der Waals surface area contributed by atoms with E-state index in [-0.39, 0.29) is 0 Å². The van der Waals surface area contributed by atoms with E-state index < -0.39 is 5.60 Å². The molecular formula is C10H16O2. The molecule has 0 saturated heterocycles. The fraction of sp³-hybridized carbons (Fsp3) is 0.700. The van der Waals surface area contributed by atoms with Crippen molar-refractivity contribution in [3.05, 3.63) is 11.6 Å². The molecule has 0 saturated carbocycles. The maximum atomic E-state index is 10.4. The number of aliphatic hydroxyl groups is 1. The van der Waals surface area contributed by atoms with Crippen LogP contribution in [0.4, 0.5) is 0 Å². The van der Waals surface area contributed by atoms with E-state index in [4.69, 9.17) is 0 Å². The molecule has 2 nitrogen and oxygen atoms in total. The molecule has 1 rings (SSSR count). The third kappa shape index (κ3) is 2.18. The molecule has 1 N–H and O–H groups in total. The third-order valence-corrected chi connectivity index (χ3v) is 2.60. The summed E-state index contributed by atoms with van der Waals surface area (Å²) in [4.78, 5) is 10.4. The van der Waals surface area contributed by atoms with Gasteiger partial charge in [0.05, 0.1) is 5.60 Å². The molecule has 0 aliphatic heterocycles. The van der Waals surface area contributed by atoms with Crippen molar-refractivity contribution in [1.29, 1.82) is 0 Å². The van der Waals surface area contributed by atoms with E-state index in [2.05, 4.69) is 0 Å². The number of hydrogen-bond donors (Lipinski definition) is 1. The molecule has 0 aromatic carbocycles. The van der Waals surface area contributed by atoms with Gasteiger partial charge in [-0.1, -0.05) is 6.08 Å². The predicted molar refractivity (Wildman–Crippen MR) is 47.8 cm³/mol. The lowest BCUT2D eigenvalue weighted by molar-refractivity contribution is -0.105. The zero-order valence-electron chi connectivity index (χ0n) is 7.71. The molecule has 1 aliphatic carbocycles. The van der Waals surface area contributed by atoms with E-state index in [1.807, 2.05) is 19.9 Å². The van der Waals surface area contributed by atoms with Crippen LogP contribution in [0.5, 0.6) is 0 Å². The predicted octanol–water partition coefficient (Wildman–Crippen LogP) is 1.68. The molecule has 0 aromatic rings. The first kappa shape index (κ1) is 9.46. The molecule has 0 spiro atoms. The van der Waals surface area contributed by atoms with E-state index in [9.17, 15) is 9.90 Å². The van der Waals surface area contributed by atoms with E-state index in [0.29, 0.717) is 5.92 Å². The summed E-state index contributed by atoms with van der Waals surface area (Å²) in [6, 6.07) is 0. The van der Waals surface area contributed by atoms with Crippen LogP contribution in [0.3, 0.4) is 0 Å². The quantitative estimate of drug-likeness (QED) is 0.637. The van der Waals surface area contributed by atoms with E-state index in [1.54, 1.807) is 0 Å². The summed E-state index contributed by atoms with van der Waals surface area (Å²) >= 11 is 0. The fourth-order valence-corrected chi connectivity index (χ4v) is 1.60. The first-order chi connectivity index (χ1) is 5.54. The highest BCUT2D eigenvalue weighted by molar-refractivity contribution is 5.73. The highest BCUT2D eigenvalue weighted by Crippen LogP contribution is 2.30. The third-order valence-electron chi connectivity index (χ3n) is 2.60. The average molecular weight is 168 g/mol. The molecule has 0 aromatic heterocycles. The maximum Gasteiger partial charge on any atom is 0.145 e. The number of aldehydes is 1. The zero-order chi connectivity index (χ0) is 9.19. The van der Waals surface area contributed by atoms with Crippen molar-refractivity contribution < 1.29 is 9.90 Å². The largest absolute Gasteiger partial charge is 0.390 e. The summed E-state index contributed by atoms with van der Waals surface area (Å²) in [5, 5.41) is 9.68. The standard InChI is InChI=1S/C10H16O2/c1-10(2,12)9-5-3-8(7-11)4-6-9/h3,7,9,12H,4-6H2,1-2H3/t9-/m1/s1. The Labute approximate surface area is 73.3 Å². The van der Waals surface area contributed by atoms with Gasteiger partial charge in [0, 0.05) is 0 Å². The number of carbonyl (C=O) groups excluding carboxylic acids is 1. The van der Waals surface area contributed by atoms with Gasteiger partial charge in [-0.05, 0) is 44.6 Å². The average Bonchev–Trinajstić information content (AvgIpc) is 2.03.